The van der Waals surface area contributed by atoms with Crippen molar-refractivity contribution in [3.63, 3.8) is 0 Å². The molecule has 0 aliphatic carbocycles. The highest BCUT2D eigenvalue weighted by Crippen LogP contribution is 2.29. The predicted octanol–water partition coefficient (Wildman–Crippen LogP) is 1.77. The first kappa shape index (κ1) is 10.4. The van der Waals surface area contributed by atoms with Crippen LogP contribution in [0.25, 0.3) is 0 Å². The molecule has 0 aromatic heterocycles. The monoisotopic (exact) mass is 219 g/mol. The predicted molar refractivity (Wildman–Crippen MR) is 44.4 cm³/mol. The van der Waals surface area contributed by atoms with E-state index in [2.05, 4.69) is 15.9 Å². The fourth-order valence-corrected chi connectivity index (χ4v) is 0.816. The summed E-state index contributed by atoms with van der Waals surface area (Å²) >= 11 is 3.10. The van der Waals surface area contributed by atoms with Gasteiger partial charge in [0, 0.05) is 5.41 Å². The number of aliphatic carboxylic acids is 1. The van der Waals surface area contributed by atoms with Gasteiger partial charge >= 0.3 is 5.97 Å². The van der Waals surface area contributed by atoms with Crippen molar-refractivity contribution in [2.45, 2.75) is 25.1 Å². The Morgan fingerprint density at radius 2 is 2.27 bits per heavy atom. The van der Waals surface area contributed by atoms with Crippen LogP contribution >= 0.6 is 15.9 Å². The maximum absolute atomic E-state index is 10.3. The lowest BCUT2D eigenvalue weighted by Crippen LogP contribution is -2.26. The van der Waals surface area contributed by atoms with Crippen LogP contribution in [-0.2, 0) is 4.79 Å². The molecule has 0 fully saturated rings. The van der Waals surface area contributed by atoms with Gasteiger partial charge in [0.05, 0.1) is 12.5 Å². The van der Waals surface area contributed by atoms with Crippen molar-refractivity contribution in [3.8, 4) is 6.07 Å². The topological polar surface area (TPSA) is 61.1 Å². The van der Waals surface area contributed by atoms with Crippen molar-refractivity contribution in [2.75, 3.05) is 0 Å². The average molecular weight is 220 g/mol. The van der Waals surface area contributed by atoms with Crippen molar-refractivity contribution in [1.82, 2.24) is 0 Å². The summed E-state index contributed by atoms with van der Waals surface area (Å²) in [4.78, 5) is 9.89. The zero-order chi connectivity index (χ0) is 9.07. The average Bonchev–Trinajstić information content (AvgIpc) is 1.83. The Labute approximate surface area is 74.1 Å². The van der Waals surface area contributed by atoms with E-state index in [0.29, 0.717) is 0 Å². The van der Waals surface area contributed by atoms with Crippen LogP contribution in [0, 0.1) is 16.7 Å². The summed E-state index contributed by atoms with van der Waals surface area (Å²) in [7, 11) is 0. The zero-order valence-corrected chi connectivity index (χ0v) is 8.05. The van der Waals surface area contributed by atoms with E-state index in [1.807, 2.05) is 6.07 Å². The Balaban J connectivity index is 4.23. The van der Waals surface area contributed by atoms with Gasteiger partial charge in [0.25, 0.3) is 0 Å². The third-order valence-corrected chi connectivity index (χ3v) is 2.85. The van der Waals surface area contributed by atoms with Crippen molar-refractivity contribution < 1.29 is 9.90 Å². The van der Waals surface area contributed by atoms with Crippen molar-refractivity contribution in [1.29, 1.82) is 5.26 Å². The molecule has 11 heavy (non-hydrogen) atoms. The van der Waals surface area contributed by atoms with Gasteiger partial charge in [0.1, 0.15) is 4.83 Å². The first-order valence-corrected chi connectivity index (χ1v) is 4.07. The number of nitrogens with zero attached hydrogens (tertiary/aromatic N) is 1. The maximum atomic E-state index is 10.3. The molecule has 0 amide bonds. The lowest BCUT2D eigenvalue weighted by molar-refractivity contribution is -0.139. The summed E-state index contributed by atoms with van der Waals surface area (Å²) in [5.41, 5.74) is -0.513. The second-order valence-corrected chi connectivity index (χ2v) is 3.97. The van der Waals surface area contributed by atoms with Gasteiger partial charge in [-0.2, -0.15) is 5.26 Å². The molecule has 0 saturated heterocycles. The Morgan fingerprint density at radius 1 is 1.82 bits per heavy atom. The highest BCUT2D eigenvalue weighted by Gasteiger charge is 2.29. The Bertz CT molecular complexity index is 195. The summed E-state index contributed by atoms with van der Waals surface area (Å²) in [5, 5.41) is 17.0. The first-order chi connectivity index (χ1) is 4.90. The fraction of sp³-hybridized carbons (Fsp3) is 0.714. The van der Waals surface area contributed by atoms with Crippen molar-refractivity contribution in [2.24, 2.45) is 5.41 Å². The first-order valence-electron chi connectivity index (χ1n) is 3.15. The largest absolute Gasteiger partial charge is 0.481 e. The Hall–Kier alpha value is -0.560. The van der Waals surface area contributed by atoms with Crippen LogP contribution in [0.1, 0.15) is 20.3 Å². The minimum Gasteiger partial charge on any atom is -0.481 e. The van der Waals surface area contributed by atoms with Gasteiger partial charge in [-0.3, -0.25) is 4.79 Å². The van der Waals surface area contributed by atoms with E-state index >= 15 is 0 Å². The second kappa shape index (κ2) is 3.72. The molecule has 0 aromatic rings. The summed E-state index contributed by atoms with van der Waals surface area (Å²) in [6.07, 6.45) is -0.00350. The number of halogens is 1. The number of nitriles is 1. The number of carboxylic acid groups (broad SMARTS) is 1. The van der Waals surface area contributed by atoms with E-state index in [4.69, 9.17) is 10.4 Å². The highest BCUT2D eigenvalue weighted by molar-refractivity contribution is 9.09. The molecule has 1 N–H and O–H groups in total. The standard InChI is InChI=1S/C7H10BrNO2/c1-7(2,3-6(10)11)5(8)4-9/h5H,3H2,1-2H3,(H,10,11). The molecule has 0 radical (unpaired) electrons. The van der Waals surface area contributed by atoms with Gasteiger partial charge in [-0.15, -0.1) is 0 Å². The van der Waals surface area contributed by atoms with Crippen LogP contribution in [-0.4, -0.2) is 15.9 Å². The molecule has 1 atom stereocenters. The Kier molecular flexibility index (Phi) is 3.53. The molecular weight excluding hydrogens is 210 g/mol. The molecule has 62 valence electrons. The van der Waals surface area contributed by atoms with Crippen LogP contribution in [0.2, 0.25) is 0 Å². The van der Waals surface area contributed by atoms with Crippen molar-refractivity contribution in [3.05, 3.63) is 0 Å². The lowest BCUT2D eigenvalue weighted by atomic mass is 9.86. The third-order valence-electron chi connectivity index (χ3n) is 1.41. The second-order valence-electron chi connectivity index (χ2n) is 3.05. The van der Waals surface area contributed by atoms with Gasteiger partial charge in [-0.1, -0.05) is 29.8 Å². The maximum Gasteiger partial charge on any atom is 0.303 e. The summed E-state index contributed by atoms with van der Waals surface area (Å²) < 4.78 is 0. The minimum absolute atomic E-state index is 0.00350. The number of alkyl halides is 1. The molecule has 0 rings (SSSR count). The van der Waals surface area contributed by atoms with Gasteiger partial charge < -0.3 is 5.11 Å². The number of hydrogen-bond donors (Lipinski definition) is 1. The van der Waals surface area contributed by atoms with E-state index in [9.17, 15) is 4.79 Å². The number of hydrogen-bond acceptors (Lipinski definition) is 2. The van der Waals surface area contributed by atoms with Gasteiger partial charge in [-0.05, 0) is 0 Å². The van der Waals surface area contributed by atoms with Crippen LogP contribution in [0.15, 0.2) is 0 Å². The molecule has 0 aliphatic rings. The van der Waals surface area contributed by atoms with E-state index in [1.165, 1.54) is 0 Å². The highest BCUT2D eigenvalue weighted by atomic mass is 79.9. The normalized spacial score (nSPS) is 13.6. The molecule has 0 aliphatic heterocycles. The van der Waals surface area contributed by atoms with E-state index in [1.54, 1.807) is 13.8 Å². The van der Waals surface area contributed by atoms with Gasteiger partial charge in [-0.25, -0.2) is 0 Å². The SMILES string of the molecule is CC(C)(CC(=O)O)C(Br)C#N. The minimum atomic E-state index is -0.880. The van der Waals surface area contributed by atoms with E-state index in [-0.39, 0.29) is 6.42 Å². The summed E-state index contributed by atoms with van der Waals surface area (Å²) in [5.74, 6) is -0.880. The number of carbonyl (C=O) groups is 1. The molecule has 0 bridgehead atoms. The molecular formula is C7H10BrNO2. The third kappa shape index (κ3) is 3.38. The van der Waals surface area contributed by atoms with Crippen molar-refractivity contribution >= 4 is 21.9 Å². The van der Waals surface area contributed by atoms with Crippen LogP contribution in [0.5, 0.6) is 0 Å². The summed E-state index contributed by atoms with van der Waals surface area (Å²) in [6, 6.07) is 1.96. The molecule has 4 heteroatoms. The van der Waals surface area contributed by atoms with Crippen LogP contribution in [0.3, 0.4) is 0 Å². The molecule has 0 heterocycles. The lowest BCUT2D eigenvalue weighted by Gasteiger charge is -2.22. The fourth-order valence-electron chi connectivity index (χ4n) is 0.654. The smallest absolute Gasteiger partial charge is 0.303 e. The van der Waals surface area contributed by atoms with Crippen LogP contribution in [0.4, 0.5) is 0 Å². The molecule has 0 saturated carbocycles. The Morgan fingerprint density at radius 3 is 2.55 bits per heavy atom. The van der Waals surface area contributed by atoms with Gasteiger partial charge in [0.2, 0.25) is 0 Å². The van der Waals surface area contributed by atoms with Crippen LogP contribution < -0.4 is 0 Å². The number of carboxylic acids is 1. The molecule has 3 nitrogen and oxygen atoms in total. The van der Waals surface area contributed by atoms with E-state index in [0.717, 1.165) is 0 Å². The molecule has 1 unspecified atom stereocenters. The quantitative estimate of drug-likeness (QED) is 0.737. The van der Waals surface area contributed by atoms with Gasteiger partial charge in [0.15, 0.2) is 0 Å². The van der Waals surface area contributed by atoms with E-state index < -0.39 is 16.2 Å². The molecule has 0 aromatic carbocycles. The molecule has 0 spiro atoms. The zero-order valence-electron chi connectivity index (χ0n) is 6.47. The number of rotatable bonds is 3. The summed E-state index contributed by atoms with van der Waals surface area (Å²) in [6.45, 7) is 3.48.